The lowest BCUT2D eigenvalue weighted by atomic mass is 10.1. The first-order valence-corrected chi connectivity index (χ1v) is 5.75. The van der Waals surface area contributed by atoms with E-state index in [-0.39, 0.29) is 6.67 Å². The Morgan fingerprint density at radius 2 is 2.06 bits per heavy atom. The molecule has 0 aliphatic carbocycles. The van der Waals surface area contributed by atoms with Gasteiger partial charge in [-0.25, -0.2) is 4.39 Å². The maximum absolute atomic E-state index is 12.1. The molecule has 0 spiro atoms. The quantitative estimate of drug-likeness (QED) is 0.830. The van der Waals surface area contributed by atoms with Crippen molar-refractivity contribution in [1.29, 1.82) is 0 Å². The number of hydrogen-bond donors (Lipinski definition) is 1. The van der Waals surface area contributed by atoms with Crippen molar-refractivity contribution in [3.8, 4) is 0 Å². The van der Waals surface area contributed by atoms with Gasteiger partial charge in [0.1, 0.15) is 6.67 Å². The second-order valence-corrected chi connectivity index (χ2v) is 3.84. The van der Waals surface area contributed by atoms with Gasteiger partial charge < -0.3 is 5.32 Å². The van der Waals surface area contributed by atoms with Crippen LogP contribution in [0.3, 0.4) is 0 Å². The number of hydrogen-bond acceptors (Lipinski definition) is 2. The summed E-state index contributed by atoms with van der Waals surface area (Å²) in [5, 5.41) is 7.31. The molecule has 1 heterocycles. The maximum Gasteiger partial charge on any atom is 0.109 e. The number of halogens is 1. The third kappa shape index (κ3) is 3.59. The van der Waals surface area contributed by atoms with E-state index in [9.17, 15) is 4.39 Å². The Morgan fingerprint density at radius 3 is 2.82 bits per heavy atom. The van der Waals surface area contributed by atoms with Crippen LogP contribution in [0.25, 0.3) is 0 Å². The van der Waals surface area contributed by atoms with Crippen LogP contribution < -0.4 is 5.32 Å². The van der Waals surface area contributed by atoms with Crippen molar-refractivity contribution in [3.05, 3.63) is 48.3 Å². The van der Waals surface area contributed by atoms with E-state index in [2.05, 4.69) is 22.5 Å². The van der Waals surface area contributed by atoms with Crippen molar-refractivity contribution in [1.82, 2.24) is 9.78 Å². The van der Waals surface area contributed by atoms with Crippen molar-refractivity contribution in [3.63, 3.8) is 0 Å². The largest absolute Gasteiger partial charge is 0.382 e. The Labute approximate surface area is 100 Å². The van der Waals surface area contributed by atoms with Gasteiger partial charge in [-0.05, 0) is 12.0 Å². The van der Waals surface area contributed by atoms with Crippen LogP contribution in [0.1, 0.15) is 5.56 Å². The Hall–Kier alpha value is -1.84. The van der Waals surface area contributed by atoms with E-state index in [1.165, 1.54) is 5.56 Å². The van der Waals surface area contributed by atoms with Crippen LogP contribution in [0.2, 0.25) is 0 Å². The molecular weight excluding hydrogens is 217 g/mol. The Balaban J connectivity index is 1.78. The monoisotopic (exact) mass is 233 g/mol. The lowest BCUT2D eigenvalue weighted by molar-refractivity contribution is 0.427. The van der Waals surface area contributed by atoms with Crippen molar-refractivity contribution >= 4 is 5.69 Å². The first-order valence-electron chi connectivity index (χ1n) is 5.75. The second-order valence-electron chi connectivity index (χ2n) is 3.84. The maximum atomic E-state index is 12.1. The molecule has 0 saturated heterocycles. The minimum Gasteiger partial charge on any atom is -0.382 e. The van der Waals surface area contributed by atoms with E-state index in [4.69, 9.17) is 0 Å². The predicted octanol–water partition coefficient (Wildman–Crippen LogP) is 2.51. The van der Waals surface area contributed by atoms with E-state index in [1.807, 2.05) is 24.4 Å². The molecule has 3 nitrogen and oxygen atoms in total. The highest BCUT2D eigenvalue weighted by Crippen LogP contribution is 2.06. The van der Waals surface area contributed by atoms with Gasteiger partial charge in [0, 0.05) is 12.7 Å². The van der Waals surface area contributed by atoms with E-state index < -0.39 is 0 Å². The number of anilines is 1. The van der Waals surface area contributed by atoms with E-state index in [0.717, 1.165) is 18.7 Å². The highest BCUT2D eigenvalue weighted by atomic mass is 19.1. The number of nitrogens with one attached hydrogen (secondary N) is 1. The molecule has 1 aromatic heterocycles. The van der Waals surface area contributed by atoms with E-state index in [1.54, 1.807) is 10.9 Å². The molecule has 0 amide bonds. The third-order valence-electron chi connectivity index (χ3n) is 2.53. The SMILES string of the molecule is FCCn1cc(NCCc2ccccc2)cn1. The Morgan fingerprint density at radius 1 is 1.24 bits per heavy atom. The van der Waals surface area contributed by atoms with Crippen LogP contribution in [0, 0.1) is 0 Å². The standard InChI is InChI=1S/C13H16FN3/c14-7-9-17-11-13(10-16-17)15-8-6-12-4-2-1-3-5-12/h1-5,10-11,15H,6-9H2. The zero-order chi connectivity index (χ0) is 11.9. The zero-order valence-electron chi connectivity index (χ0n) is 9.64. The Bertz CT molecular complexity index is 439. The average molecular weight is 233 g/mol. The fourth-order valence-electron chi connectivity index (χ4n) is 1.66. The topological polar surface area (TPSA) is 29.9 Å². The third-order valence-corrected chi connectivity index (χ3v) is 2.53. The first-order chi connectivity index (χ1) is 8.38. The van der Waals surface area contributed by atoms with Gasteiger partial charge in [-0.3, -0.25) is 4.68 Å². The summed E-state index contributed by atoms with van der Waals surface area (Å²) in [6.45, 7) is 0.789. The van der Waals surface area contributed by atoms with Gasteiger partial charge in [-0.2, -0.15) is 5.10 Å². The van der Waals surface area contributed by atoms with Crippen molar-refractivity contribution in [2.45, 2.75) is 13.0 Å². The normalized spacial score (nSPS) is 10.4. The van der Waals surface area contributed by atoms with Gasteiger partial charge in [-0.15, -0.1) is 0 Å². The summed E-state index contributed by atoms with van der Waals surface area (Å²) in [6, 6.07) is 10.3. The number of nitrogens with zero attached hydrogens (tertiary/aromatic N) is 2. The van der Waals surface area contributed by atoms with Crippen molar-refractivity contribution in [2.24, 2.45) is 0 Å². The number of rotatable bonds is 6. The summed E-state index contributed by atoms with van der Waals surface area (Å²) >= 11 is 0. The van der Waals surface area contributed by atoms with Crippen molar-refractivity contribution < 1.29 is 4.39 Å². The van der Waals surface area contributed by atoms with Crippen LogP contribution in [-0.4, -0.2) is 23.0 Å². The van der Waals surface area contributed by atoms with Gasteiger partial charge in [0.2, 0.25) is 0 Å². The van der Waals surface area contributed by atoms with Crippen LogP contribution in [0.15, 0.2) is 42.7 Å². The predicted molar refractivity (Wildman–Crippen MR) is 66.8 cm³/mol. The molecule has 17 heavy (non-hydrogen) atoms. The molecule has 0 saturated carbocycles. The molecule has 2 rings (SSSR count). The van der Waals surface area contributed by atoms with Crippen LogP contribution >= 0.6 is 0 Å². The molecule has 0 aliphatic rings. The highest BCUT2D eigenvalue weighted by Gasteiger charge is 1.97. The van der Waals surface area contributed by atoms with Crippen LogP contribution in [0.5, 0.6) is 0 Å². The van der Waals surface area contributed by atoms with Crippen molar-refractivity contribution in [2.75, 3.05) is 18.5 Å². The minimum atomic E-state index is -0.384. The van der Waals surface area contributed by atoms with Gasteiger partial charge in [0.15, 0.2) is 0 Å². The molecule has 4 heteroatoms. The molecular formula is C13H16FN3. The van der Waals surface area contributed by atoms with Gasteiger partial charge in [0.05, 0.1) is 18.4 Å². The minimum absolute atomic E-state index is 0.320. The zero-order valence-corrected chi connectivity index (χ0v) is 9.64. The smallest absolute Gasteiger partial charge is 0.109 e. The molecule has 1 N–H and O–H groups in total. The van der Waals surface area contributed by atoms with E-state index in [0.29, 0.717) is 6.54 Å². The number of benzene rings is 1. The summed E-state index contributed by atoms with van der Waals surface area (Å²) in [5.74, 6) is 0. The summed E-state index contributed by atoms with van der Waals surface area (Å²) < 4.78 is 13.7. The van der Waals surface area contributed by atoms with Gasteiger partial charge >= 0.3 is 0 Å². The molecule has 0 unspecified atom stereocenters. The fraction of sp³-hybridized carbons (Fsp3) is 0.308. The van der Waals surface area contributed by atoms with Gasteiger partial charge in [-0.1, -0.05) is 30.3 Å². The van der Waals surface area contributed by atoms with Crippen LogP contribution in [0.4, 0.5) is 10.1 Å². The molecule has 2 aromatic rings. The molecule has 0 radical (unpaired) electrons. The molecule has 90 valence electrons. The molecule has 0 atom stereocenters. The number of aryl methyl sites for hydroxylation is 1. The molecule has 1 aromatic carbocycles. The summed E-state index contributed by atoms with van der Waals surface area (Å²) in [4.78, 5) is 0. The summed E-state index contributed by atoms with van der Waals surface area (Å²) in [5.41, 5.74) is 2.24. The lowest BCUT2D eigenvalue weighted by Gasteiger charge is -2.03. The van der Waals surface area contributed by atoms with E-state index >= 15 is 0 Å². The second kappa shape index (κ2) is 6.03. The molecule has 0 aliphatic heterocycles. The summed E-state index contributed by atoms with van der Waals surface area (Å²) in [6.07, 6.45) is 4.51. The Kier molecular flexibility index (Phi) is 4.13. The highest BCUT2D eigenvalue weighted by molar-refractivity contribution is 5.38. The number of aromatic nitrogens is 2. The average Bonchev–Trinajstić information content (AvgIpc) is 2.79. The first kappa shape index (κ1) is 11.6. The number of alkyl halides is 1. The lowest BCUT2D eigenvalue weighted by Crippen LogP contribution is -2.04. The summed E-state index contributed by atoms with van der Waals surface area (Å²) in [7, 11) is 0. The van der Waals surface area contributed by atoms with Gasteiger partial charge in [0.25, 0.3) is 0 Å². The fourth-order valence-corrected chi connectivity index (χ4v) is 1.66. The van der Waals surface area contributed by atoms with Crippen LogP contribution in [-0.2, 0) is 13.0 Å². The molecule has 0 fully saturated rings. The molecule has 0 bridgehead atoms.